The summed E-state index contributed by atoms with van der Waals surface area (Å²) in [6, 6.07) is 39.2. The molecule has 0 saturated carbocycles. The van der Waals surface area contributed by atoms with Gasteiger partial charge in [-0.05, 0) is 67.2 Å². The van der Waals surface area contributed by atoms with Crippen molar-refractivity contribution in [2.45, 2.75) is 13.8 Å². The van der Waals surface area contributed by atoms with E-state index in [2.05, 4.69) is 146 Å². The average Bonchev–Trinajstić information content (AvgIpc) is 3.33. The highest BCUT2D eigenvalue weighted by Crippen LogP contribution is 2.37. The average molecular weight is 472 g/mol. The minimum atomic E-state index is -0.478. The molecule has 0 radical (unpaired) electrons. The van der Waals surface area contributed by atoms with E-state index in [9.17, 15) is 0 Å². The second kappa shape index (κ2) is 10.3. The quantitative estimate of drug-likeness (QED) is 0.211. The molecule has 35 heavy (non-hydrogen) atoms. The van der Waals surface area contributed by atoms with Gasteiger partial charge in [-0.3, -0.25) is 0 Å². The Hall–Kier alpha value is -3.67. The van der Waals surface area contributed by atoms with Crippen molar-refractivity contribution >= 4 is 40.6 Å². The first kappa shape index (κ1) is 23.1. The summed E-state index contributed by atoms with van der Waals surface area (Å²) in [4.78, 5) is 0. The molecule has 0 N–H and O–H groups in total. The molecule has 4 aromatic carbocycles. The summed E-state index contributed by atoms with van der Waals surface area (Å²) >= 11 is 0. The first-order chi connectivity index (χ1) is 17.1. The van der Waals surface area contributed by atoms with Crippen LogP contribution in [-0.2, 0) is 0 Å². The largest absolute Gasteiger partial charge is 0.315 e. The minimum absolute atomic E-state index is 0.478. The smallest absolute Gasteiger partial charge is 0.0605 e. The van der Waals surface area contributed by atoms with Gasteiger partial charge in [-0.15, -0.1) is 0 Å². The number of nitrogens with zero attached hydrogens (tertiary/aromatic N) is 1. The topological polar surface area (TPSA) is 4.93 Å². The number of rotatable bonds is 7. The number of hydrogen-bond acceptors (Lipinski definition) is 0. The Bertz CT molecular complexity index is 1450. The molecule has 5 rings (SSSR count). The molecule has 0 unspecified atom stereocenters. The molecule has 0 amide bonds. The van der Waals surface area contributed by atoms with Crippen molar-refractivity contribution in [3.05, 3.63) is 139 Å². The maximum absolute atomic E-state index is 4.30. The van der Waals surface area contributed by atoms with E-state index in [1.54, 1.807) is 0 Å². The van der Waals surface area contributed by atoms with E-state index in [1.165, 1.54) is 43.9 Å². The lowest BCUT2D eigenvalue weighted by molar-refractivity contribution is 1.11. The van der Waals surface area contributed by atoms with E-state index in [-0.39, 0.29) is 0 Å². The molecule has 1 nitrogen and oxygen atoms in total. The second-order valence-electron chi connectivity index (χ2n) is 8.90. The summed E-state index contributed by atoms with van der Waals surface area (Å²) in [6.07, 6.45) is 5.61. The summed E-state index contributed by atoms with van der Waals surface area (Å²) in [7, 11) is -0.478. The normalized spacial score (nSPS) is 11.8. The summed E-state index contributed by atoms with van der Waals surface area (Å²) < 4.78 is 2.32. The predicted molar refractivity (Wildman–Crippen MR) is 156 cm³/mol. The van der Waals surface area contributed by atoms with E-state index < -0.39 is 7.92 Å². The van der Waals surface area contributed by atoms with E-state index in [4.69, 9.17) is 0 Å². The molecule has 1 aromatic heterocycles. The predicted octanol–water partition coefficient (Wildman–Crippen LogP) is 8.20. The molecule has 0 aliphatic rings. The third-order valence-corrected chi connectivity index (χ3v) is 8.87. The Labute approximate surface area is 209 Å². The Morgan fingerprint density at radius 1 is 0.714 bits per heavy atom. The lowest BCUT2D eigenvalue weighted by Gasteiger charge is -2.20. The van der Waals surface area contributed by atoms with Gasteiger partial charge in [0.05, 0.1) is 11.2 Å². The summed E-state index contributed by atoms with van der Waals surface area (Å²) in [6.45, 7) is 8.64. The van der Waals surface area contributed by atoms with Crippen LogP contribution < -0.4 is 10.6 Å². The number of aromatic nitrogens is 1. The van der Waals surface area contributed by atoms with Crippen LogP contribution in [0, 0.1) is 0 Å². The number of fused-ring (bicyclic) bond motifs is 1. The van der Waals surface area contributed by atoms with Crippen molar-refractivity contribution in [1.82, 2.24) is 4.57 Å². The van der Waals surface area contributed by atoms with Crippen molar-refractivity contribution in [2.24, 2.45) is 0 Å². The fourth-order valence-electron chi connectivity index (χ4n) is 4.66. The summed E-state index contributed by atoms with van der Waals surface area (Å²) in [5, 5.41) is 4.06. The van der Waals surface area contributed by atoms with Crippen molar-refractivity contribution < 1.29 is 0 Å². The van der Waals surface area contributed by atoms with Crippen LogP contribution in [0.5, 0.6) is 0 Å². The van der Waals surface area contributed by atoms with E-state index in [1.807, 2.05) is 0 Å². The molecular formula is C33H30NP. The zero-order valence-electron chi connectivity index (χ0n) is 20.4. The molecule has 172 valence electrons. The standard InChI is InChI=1S/C33H30NP/c1-25(2)30-18-12-19-31(33(30)34-23-21-27-13-10-11-20-32(27)34)26(3)22-24-35(28-14-6-4-7-15-28)29-16-8-5-9-17-29/h4-23H,1,24H2,2-3H3/b26-22-. The highest BCUT2D eigenvalue weighted by molar-refractivity contribution is 7.73. The van der Waals surface area contributed by atoms with Crippen molar-refractivity contribution in [1.29, 1.82) is 0 Å². The van der Waals surface area contributed by atoms with Gasteiger partial charge >= 0.3 is 0 Å². The van der Waals surface area contributed by atoms with Crippen LogP contribution in [-0.4, -0.2) is 10.7 Å². The summed E-state index contributed by atoms with van der Waals surface area (Å²) in [5.74, 6) is 0. The molecule has 0 aliphatic carbocycles. The Morgan fingerprint density at radius 3 is 1.97 bits per heavy atom. The van der Waals surface area contributed by atoms with Crippen LogP contribution in [0.15, 0.2) is 128 Å². The Kier molecular flexibility index (Phi) is 6.80. The maximum Gasteiger partial charge on any atom is 0.0605 e. The van der Waals surface area contributed by atoms with Gasteiger partial charge < -0.3 is 4.57 Å². The highest BCUT2D eigenvalue weighted by Gasteiger charge is 2.16. The van der Waals surface area contributed by atoms with E-state index >= 15 is 0 Å². The molecule has 2 heteroatoms. The lowest BCUT2D eigenvalue weighted by atomic mass is 9.97. The third kappa shape index (κ3) is 4.78. The molecular weight excluding hydrogens is 441 g/mol. The molecule has 0 aliphatic heterocycles. The van der Waals surface area contributed by atoms with E-state index in [0.29, 0.717) is 0 Å². The lowest BCUT2D eigenvalue weighted by Crippen LogP contribution is -2.13. The third-order valence-electron chi connectivity index (χ3n) is 6.48. The zero-order valence-corrected chi connectivity index (χ0v) is 21.3. The van der Waals surface area contributed by atoms with Crippen LogP contribution in [0.1, 0.15) is 25.0 Å². The highest BCUT2D eigenvalue weighted by atomic mass is 31.1. The first-order valence-corrected chi connectivity index (χ1v) is 13.6. The number of benzene rings is 4. The van der Waals surface area contributed by atoms with Crippen LogP contribution >= 0.6 is 7.92 Å². The molecule has 0 fully saturated rings. The van der Waals surface area contributed by atoms with Crippen LogP contribution in [0.25, 0.3) is 27.7 Å². The monoisotopic (exact) mass is 471 g/mol. The SMILES string of the molecule is C=C(C)c1cccc(/C(C)=C\CP(c2ccccc2)c2ccccc2)c1-n1ccc2ccccc21. The van der Waals surface area contributed by atoms with Gasteiger partial charge in [0, 0.05) is 17.3 Å². The van der Waals surface area contributed by atoms with Gasteiger partial charge in [0.2, 0.25) is 0 Å². The molecule has 0 bridgehead atoms. The number of allylic oxidation sites excluding steroid dienone is 3. The zero-order chi connectivity index (χ0) is 24.2. The molecule has 0 saturated heterocycles. The van der Waals surface area contributed by atoms with Gasteiger partial charge in [-0.25, -0.2) is 0 Å². The fourth-order valence-corrected chi connectivity index (χ4v) is 6.90. The number of hydrogen-bond donors (Lipinski definition) is 0. The summed E-state index contributed by atoms with van der Waals surface area (Å²) in [5.41, 5.74) is 7.22. The van der Waals surface area contributed by atoms with Gasteiger partial charge in [-0.1, -0.05) is 110 Å². The minimum Gasteiger partial charge on any atom is -0.315 e. The molecule has 0 atom stereocenters. The molecule has 1 heterocycles. The van der Waals surface area contributed by atoms with Gasteiger partial charge in [0.25, 0.3) is 0 Å². The maximum atomic E-state index is 4.30. The van der Waals surface area contributed by atoms with Crippen molar-refractivity contribution in [3.8, 4) is 5.69 Å². The molecule has 0 spiro atoms. The van der Waals surface area contributed by atoms with E-state index in [0.717, 1.165) is 11.7 Å². The fraction of sp³-hybridized carbons (Fsp3) is 0.0909. The van der Waals surface area contributed by atoms with Crippen LogP contribution in [0.4, 0.5) is 0 Å². The number of para-hydroxylation sites is 2. The first-order valence-electron chi connectivity index (χ1n) is 12.0. The Morgan fingerprint density at radius 2 is 1.31 bits per heavy atom. The van der Waals surface area contributed by atoms with Crippen LogP contribution in [0.2, 0.25) is 0 Å². The van der Waals surface area contributed by atoms with Gasteiger partial charge in [0.1, 0.15) is 0 Å². The van der Waals surface area contributed by atoms with Crippen molar-refractivity contribution in [2.75, 3.05) is 6.16 Å². The molecule has 5 aromatic rings. The van der Waals surface area contributed by atoms with Gasteiger partial charge in [-0.2, -0.15) is 0 Å². The van der Waals surface area contributed by atoms with Gasteiger partial charge in [0.15, 0.2) is 0 Å². The Balaban J connectivity index is 1.60. The van der Waals surface area contributed by atoms with Crippen molar-refractivity contribution in [3.63, 3.8) is 0 Å². The van der Waals surface area contributed by atoms with Crippen LogP contribution in [0.3, 0.4) is 0 Å². The second-order valence-corrected chi connectivity index (χ2v) is 11.1.